The highest BCUT2D eigenvalue weighted by Crippen LogP contribution is 2.44. The van der Waals surface area contributed by atoms with Gasteiger partial charge in [0.05, 0.1) is 24.9 Å². The molecule has 0 bridgehead atoms. The van der Waals surface area contributed by atoms with Crippen LogP contribution in [0.15, 0.2) is 42.6 Å². The average Bonchev–Trinajstić information content (AvgIpc) is 2.66. The first-order chi connectivity index (χ1) is 13.3. The standard InChI is InChI=1S/C23H30N2O3/c1-16-12-22(2,3)14-23(13-16,15-26)25-21(27)17-8-9-20(28-4)18(11-17)19-7-5-6-10-24-19/h5-11,16,26H,12-15H2,1-4H3,(H,25,27). The molecule has 0 radical (unpaired) electrons. The molecule has 1 saturated carbocycles. The average molecular weight is 383 g/mol. The molecule has 0 aliphatic heterocycles. The number of rotatable bonds is 5. The summed E-state index contributed by atoms with van der Waals surface area (Å²) >= 11 is 0. The maximum absolute atomic E-state index is 13.1. The van der Waals surface area contributed by atoms with Crippen LogP contribution in [0.5, 0.6) is 5.75 Å². The summed E-state index contributed by atoms with van der Waals surface area (Å²) in [7, 11) is 1.60. The van der Waals surface area contributed by atoms with E-state index in [0.717, 1.165) is 30.5 Å². The lowest BCUT2D eigenvalue weighted by atomic mass is 9.64. The van der Waals surface area contributed by atoms with E-state index < -0.39 is 5.54 Å². The zero-order chi connectivity index (χ0) is 20.4. The fraction of sp³-hybridized carbons (Fsp3) is 0.478. The number of amides is 1. The summed E-state index contributed by atoms with van der Waals surface area (Å²) in [5.41, 5.74) is 1.53. The van der Waals surface area contributed by atoms with Gasteiger partial charge in [-0.1, -0.05) is 26.8 Å². The van der Waals surface area contributed by atoms with Crippen LogP contribution in [0.4, 0.5) is 0 Å². The fourth-order valence-electron chi connectivity index (χ4n) is 4.88. The second kappa shape index (κ2) is 7.92. The summed E-state index contributed by atoms with van der Waals surface area (Å²) in [5.74, 6) is 0.925. The molecule has 2 atom stereocenters. The van der Waals surface area contributed by atoms with Crippen molar-refractivity contribution in [2.24, 2.45) is 11.3 Å². The number of ether oxygens (including phenoxy) is 1. The Morgan fingerprint density at radius 2 is 2.07 bits per heavy atom. The van der Waals surface area contributed by atoms with E-state index in [1.165, 1.54) is 0 Å². The molecule has 0 saturated heterocycles. The lowest BCUT2D eigenvalue weighted by Gasteiger charge is -2.47. The molecule has 2 N–H and O–H groups in total. The Hall–Kier alpha value is -2.40. The molecule has 2 aromatic rings. The summed E-state index contributed by atoms with van der Waals surface area (Å²) in [4.78, 5) is 17.5. The van der Waals surface area contributed by atoms with E-state index in [9.17, 15) is 9.90 Å². The molecule has 3 rings (SSSR count). The number of hydrogen-bond acceptors (Lipinski definition) is 4. The van der Waals surface area contributed by atoms with E-state index in [-0.39, 0.29) is 17.9 Å². The molecular weight excluding hydrogens is 352 g/mol. The highest BCUT2D eigenvalue weighted by molar-refractivity contribution is 5.96. The van der Waals surface area contributed by atoms with Gasteiger partial charge in [0.1, 0.15) is 5.75 Å². The molecule has 1 aliphatic rings. The molecule has 0 spiro atoms. The number of aliphatic hydroxyl groups is 1. The lowest BCUT2D eigenvalue weighted by Crippen LogP contribution is -2.57. The molecule has 150 valence electrons. The van der Waals surface area contributed by atoms with E-state index in [0.29, 0.717) is 17.2 Å². The maximum Gasteiger partial charge on any atom is 0.251 e. The van der Waals surface area contributed by atoms with Crippen molar-refractivity contribution in [2.45, 2.75) is 45.6 Å². The first kappa shape index (κ1) is 20.3. The number of methoxy groups -OCH3 is 1. The van der Waals surface area contributed by atoms with Gasteiger partial charge in [-0.2, -0.15) is 0 Å². The van der Waals surface area contributed by atoms with E-state index in [1.54, 1.807) is 31.5 Å². The molecule has 1 aliphatic carbocycles. The number of aliphatic hydroxyl groups excluding tert-OH is 1. The second-order valence-electron chi connectivity index (χ2n) is 8.88. The largest absolute Gasteiger partial charge is 0.496 e. The van der Waals surface area contributed by atoms with Gasteiger partial charge in [0.25, 0.3) is 5.91 Å². The SMILES string of the molecule is COc1ccc(C(=O)NC2(CO)CC(C)CC(C)(C)C2)cc1-c1ccccn1. The van der Waals surface area contributed by atoms with Crippen LogP contribution in [0.3, 0.4) is 0 Å². The van der Waals surface area contributed by atoms with Gasteiger partial charge in [0.2, 0.25) is 0 Å². The van der Waals surface area contributed by atoms with Gasteiger partial charge in [0, 0.05) is 17.3 Å². The Morgan fingerprint density at radius 3 is 2.68 bits per heavy atom. The number of carbonyl (C=O) groups excluding carboxylic acids is 1. The maximum atomic E-state index is 13.1. The van der Waals surface area contributed by atoms with Crippen molar-refractivity contribution in [1.29, 1.82) is 0 Å². The van der Waals surface area contributed by atoms with Crippen LogP contribution in [0, 0.1) is 11.3 Å². The number of nitrogens with zero attached hydrogens (tertiary/aromatic N) is 1. The first-order valence-electron chi connectivity index (χ1n) is 9.80. The molecule has 5 nitrogen and oxygen atoms in total. The van der Waals surface area contributed by atoms with Crippen LogP contribution >= 0.6 is 0 Å². The predicted octanol–water partition coefficient (Wildman–Crippen LogP) is 4.06. The second-order valence-corrected chi connectivity index (χ2v) is 8.88. The van der Waals surface area contributed by atoms with E-state index in [2.05, 4.69) is 31.1 Å². The zero-order valence-corrected chi connectivity index (χ0v) is 17.2. The van der Waals surface area contributed by atoms with Gasteiger partial charge in [0.15, 0.2) is 0 Å². The van der Waals surface area contributed by atoms with Crippen LogP contribution in [0.25, 0.3) is 11.3 Å². The Labute approximate surface area is 167 Å². The zero-order valence-electron chi connectivity index (χ0n) is 17.2. The fourth-order valence-corrected chi connectivity index (χ4v) is 4.88. The van der Waals surface area contributed by atoms with Crippen LogP contribution in [-0.2, 0) is 0 Å². The smallest absolute Gasteiger partial charge is 0.251 e. The van der Waals surface area contributed by atoms with Crippen LogP contribution in [0.1, 0.15) is 50.4 Å². The Kier molecular flexibility index (Phi) is 5.75. The minimum atomic E-state index is -0.594. The topological polar surface area (TPSA) is 71.5 Å². The summed E-state index contributed by atoms with van der Waals surface area (Å²) in [6.07, 6.45) is 4.35. The van der Waals surface area contributed by atoms with Crippen molar-refractivity contribution in [1.82, 2.24) is 10.3 Å². The number of carbonyl (C=O) groups is 1. The predicted molar refractivity (Wildman–Crippen MR) is 110 cm³/mol. The molecule has 28 heavy (non-hydrogen) atoms. The molecule has 2 unspecified atom stereocenters. The molecule has 5 heteroatoms. The number of aromatic nitrogens is 1. The Balaban J connectivity index is 1.90. The number of nitrogens with one attached hydrogen (secondary N) is 1. The van der Waals surface area contributed by atoms with Gasteiger partial charge >= 0.3 is 0 Å². The summed E-state index contributed by atoms with van der Waals surface area (Å²) in [6, 6.07) is 11.0. The van der Waals surface area contributed by atoms with Gasteiger partial charge in [-0.25, -0.2) is 0 Å². The number of hydrogen-bond donors (Lipinski definition) is 2. The number of pyridine rings is 1. The third kappa shape index (κ3) is 4.36. The highest BCUT2D eigenvalue weighted by Gasteiger charge is 2.43. The Morgan fingerprint density at radius 1 is 1.29 bits per heavy atom. The van der Waals surface area contributed by atoms with Gasteiger partial charge in [-0.05, 0) is 60.9 Å². The van der Waals surface area contributed by atoms with Gasteiger partial charge < -0.3 is 15.2 Å². The van der Waals surface area contributed by atoms with Gasteiger partial charge in [-0.3, -0.25) is 9.78 Å². The summed E-state index contributed by atoms with van der Waals surface area (Å²) in [6.45, 7) is 6.53. The molecule has 1 aromatic heterocycles. The van der Waals surface area contributed by atoms with Crippen LogP contribution in [-0.4, -0.2) is 35.3 Å². The van der Waals surface area contributed by atoms with Crippen molar-refractivity contribution >= 4 is 5.91 Å². The Bertz CT molecular complexity index is 835. The van der Waals surface area contributed by atoms with Crippen molar-refractivity contribution < 1.29 is 14.6 Å². The van der Waals surface area contributed by atoms with Crippen molar-refractivity contribution in [3.63, 3.8) is 0 Å². The number of benzene rings is 1. The lowest BCUT2D eigenvalue weighted by molar-refractivity contribution is 0.0334. The summed E-state index contributed by atoms with van der Waals surface area (Å²) in [5, 5.41) is 13.3. The third-order valence-electron chi connectivity index (χ3n) is 5.54. The van der Waals surface area contributed by atoms with Crippen LogP contribution < -0.4 is 10.1 Å². The van der Waals surface area contributed by atoms with Crippen molar-refractivity contribution in [3.8, 4) is 17.0 Å². The quantitative estimate of drug-likeness (QED) is 0.818. The van der Waals surface area contributed by atoms with Gasteiger partial charge in [-0.15, -0.1) is 0 Å². The molecule has 1 heterocycles. The van der Waals surface area contributed by atoms with E-state index in [4.69, 9.17) is 4.74 Å². The van der Waals surface area contributed by atoms with Crippen molar-refractivity contribution in [2.75, 3.05) is 13.7 Å². The molecule has 1 amide bonds. The van der Waals surface area contributed by atoms with Crippen LogP contribution in [0.2, 0.25) is 0 Å². The highest BCUT2D eigenvalue weighted by atomic mass is 16.5. The van der Waals surface area contributed by atoms with Crippen molar-refractivity contribution in [3.05, 3.63) is 48.2 Å². The first-order valence-corrected chi connectivity index (χ1v) is 9.80. The minimum absolute atomic E-state index is 0.0598. The van der Waals surface area contributed by atoms with E-state index >= 15 is 0 Å². The monoisotopic (exact) mass is 382 g/mol. The molecule has 1 fully saturated rings. The third-order valence-corrected chi connectivity index (χ3v) is 5.54. The minimum Gasteiger partial charge on any atom is -0.496 e. The summed E-state index contributed by atoms with van der Waals surface area (Å²) < 4.78 is 5.46. The van der Waals surface area contributed by atoms with E-state index in [1.807, 2.05) is 18.2 Å². The molecular formula is C23H30N2O3. The molecule has 1 aromatic carbocycles. The normalized spacial score (nSPS) is 23.8.